The van der Waals surface area contributed by atoms with Gasteiger partial charge < -0.3 is 15.5 Å². The van der Waals surface area contributed by atoms with Crippen molar-refractivity contribution in [2.75, 3.05) is 5.32 Å². The predicted molar refractivity (Wildman–Crippen MR) is 68.7 cm³/mol. The van der Waals surface area contributed by atoms with E-state index in [0.29, 0.717) is 23.9 Å². The molecule has 5 nitrogen and oxygen atoms in total. The monoisotopic (exact) mass is 248 g/mol. The standard InChI is InChI=1S/C11H12N4OS/c1-7-5-14-10(16-7)6-13-9-4-2-3-8(15-9)11(12)17/h2-5H,6H2,1H3,(H2,12,17)(H,13,15). The van der Waals surface area contributed by atoms with E-state index in [1.165, 1.54) is 0 Å². The van der Waals surface area contributed by atoms with E-state index in [2.05, 4.69) is 15.3 Å². The fourth-order valence-corrected chi connectivity index (χ4v) is 1.43. The van der Waals surface area contributed by atoms with Gasteiger partial charge in [-0.05, 0) is 19.1 Å². The van der Waals surface area contributed by atoms with Crippen LogP contribution < -0.4 is 11.1 Å². The van der Waals surface area contributed by atoms with Crippen LogP contribution in [0.2, 0.25) is 0 Å². The molecule has 0 aliphatic carbocycles. The van der Waals surface area contributed by atoms with Crippen molar-refractivity contribution in [3.63, 3.8) is 0 Å². The van der Waals surface area contributed by atoms with Crippen LogP contribution in [-0.2, 0) is 6.54 Å². The molecule has 0 saturated carbocycles. The smallest absolute Gasteiger partial charge is 0.213 e. The third-order valence-corrected chi connectivity index (χ3v) is 2.30. The number of rotatable bonds is 4. The predicted octanol–water partition coefficient (Wildman–Crippen LogP) is 1.62. The van der Waals surface area contributed by atoms with Crippen LogP contribution in [0.25, 0.3) is 0 Å². The van der Waals surface area contributed by atoms with Crippen LogP contribution in [-0.4, -0.2) is 15.0 Å². The molecule has 0 atom stereocenters. The maximum absolute atomic E-state index is 5.50. The minimum absolute atomic E-state index is 0.278. The number of aryl methyl sites for hydroxylation is 1. The highest BCUT2D eigenvalue weighted by molar-refractivity contribution is 7.80. The van der Waals surface area contributed by atoms with Crippen LogP contribution in [0.5, 0.6) is 0 Å². The molecule has 17 heavy (non-hydrogen) atoms. The summed E-state index contributed by atoms with van der Waals surface area (Å²) in [4.78, 5) is 8.61. The number of thiocarbonyl (C=S) groups is 1. The van der Waals surface area contributed by atoms with Crippen molar-refractivity contribution >= 4 is 23.0 Å². The zero-order valence-corrected chi connectivity index (χ0v) is 10.1. The van der Waals surface area contributed by atoms with Gasteiger partial charge in [-0.1, -0.05) is 18.3 Å². The Labute approximate surface area is 104 Å². The number of oxazole rings is 1. The van der Waals surface area contributed by atoms with Gasteiger partial charge in [-0.2, -0.15) is 0 Å². The second-order valence-corrected chi connectivity index (χ2v) is 3.93. The van der Waals surface area contributed by atoms with Crippen molar-refractivity contribution < 1.29 is 4.42 Å². The molecule has 0 saturated heterocycles. The first-order valence-corrected chi connectivity index (χ1v) is 5.48. The Balaban J connectivity index is 2.04. The minimum Gasteiger partial charge on any atom is -0.444 e. The number of aromatic nitrogens is 2. The summed E-state index contributed by atoms with van der Waals surface area (Å²) < 4.78 is 5.33. The molecule has 2 aromatic rings. The van der Waals surface area contributed by atoms with E-state index in [4.69, 9.17) is 22.4 Å². The number of hydrogen-bond acceptors (Lipinski definition) is 5. The van der Waals surface area contributed by atoms with E-state index in [-0.39, 0.29) is 4.99 Å². The van der Waals surface area contributed by atoms with Gasteiger partial charge in [-0.25, -0.2) is 9.97 Å². The summed E-state index contributed by atoms with van der Waals surface area (Å²) in [6.07, 6.45) is 1.68. The summed E-state index contributed by atoms with van der Waals surface area (Å²) in [5, 5.41) is 3.09. The number of anilines is 1. The zero-order chi connectivity index (χ0) is 12.3. The highest BCUT2D eigenvalue weighted by atomic mass is 32.1. The van der Waals surface area contributed by atoms with Gasteiger partial charge in [0.05, 0.1) is 18.4 Å². The van der Waals surface area contributed by atoms with Crippen molar-refractivity contribution in [1.29, 1.82) is 0 Å². The first-order valence-electron chi connectivity index (χ1n) is 5.07. The van der Waals surface area contributed by atoms with Gasteiger partial charge >= 0.3 is 0 Å². The van der Waals surface area contributed by atoms with Crippen molar-refractivity contribution in [2.24, 2.45) is 5.73 Å². The summed E-state index contributed by atoms with van der Waals surface area (Å²) in [7, 11) is 0. The van der Waals surface area contributed by atoms with Crippen molar-refractivity contribution in [3.05, 3.63) is 41.7 Å². The summed E-state index contributed by atoms with van der Waals surface area (Å²) in [5.74, 6) is 2.09. The first kappa shape index (κ1) is 11.5. The van der Waals surface area contributed by atoms with Crippen LogP contribution in [0.1, 0.15) is 17.3 Å². The zero-order valence-electron chi connectivity index (χ0n) is 9.30. The average Bonchev–Trinajstić information content (AvgIpc) is 2.73. The first-order chi connectivity index (χ1) is 8.15. The molecule has 2 aromatic heterocycles. The molecule has 0 unspecified atom stereocenters. The normalized spacial score (nSPS) is 10.2. The average molecular weight is 248 g/mol. The van der Waals surface area contributed by atoms with Gasteiger partial charge in [0, 0.05) is 0 Å². The fourth-order valence-electron chi connectivity index (χ4n) is 1.32. The van der Waals surface area contributed by atoms with E-state index < -0.39 is 0 Å². The lowest BCUT2D eigenvalue weighted by molar-refractivity contribution is 0.479. The minimum atomic E-state index is 0.278. The Bertz CT molecular complexity index is 538. The summed E-state index contributed by atoms with van der Waals surface area (Å²) in [6, 6.07) is 5.44. The van der Waals surface area contributed by atoms with E-state index in [1.807, 2.05) is 19.1 Å². The topological polar surface area (TPSA) is 77.0 Å². The number of nitrogens with two attached hydrogens (primary N) is 1. The Hall–Kier alpha value is -1.95. The number of nitrogens with zero attached hydrogens (tertiary/aromatic N) is 2. The van der Waals surface area contributed by atoms with Crippen LogP contribution in [0, 0.1) is 6.92 Å². The van der Waals surface area contributed by atoms with E-state index in [1.54, 1.807) is 12.3 Å². The molecule has 2 rings (SSSR count). The molecule has 2 heterocycles. The van der Waals surface area contributed by atoms with Gasteiger partial charge in [-0.3, -0.25) is 0 Å². The van der Waals surface area contributed by atoms with E-state index in [0.717, 1.165) is 5.76 Å². The maximum atomic E-state index is 5.50. The third-order valence-electron chi connectivity index (χ3n) is 2.09. The second kappa shape index (κ2) is 4.92. The molecule has 88 valence electrons. The van der Waals surface area contributed by atoms with Crippen molar-refractivity contribution in [1.82, 2.24) is 9.97 Å². The largest absolute Gasteiger partial charge is 0.444 e. The molecular weight excluding hydrogens is 236 g/mol. The Morgan fingerprint density at radius 2 is 2.35 bits per heavy atom. The molecular formula is C11H12N4OS. The molecule has 0 aliphatic rings. The molecule has 0 aliphatic heterocycles. The molecule has 6 heteroatoms. The SMILES string of the molecule is Cc1cnc(CNc2cccc(C(N)=S)n2)o1. The highest BCUT2D eigenvalue weighted by Gasteiger charge is 2.02. The van der Waals surface area contributed by atoms with E-state index >= 15 is 0 Å². The van der Waals surface area contributed by atoms with Crippen LogP contribution >= 0.6 is 12.2 Å². The summed E-state index contributed by atoms with van der Waals surface area (Å²) in [5.41, 5.74) is 6.09. The Morgan fingerprint density at radius 1 is 1.53 bits per heavy atom. The van der Waals surface area contributed by atoms with Crippen LogP contribution in [0.4, 0.5) is 5.82 Å². The van der Waals surface area contributed by atoms with Crippen molar-refractivity contribution in [3.8, 4) is 0 Å². The second-order valence-electron chi connectivity index (χ2n) is 3.49. The molecule has 0 amide bonds. The van der Waals surface area contributed by atoms with Gasteiger partial charge in [0.2, 0.25) is 5.89 Å². The maximum Gasteiger partial charge on any atom is 0.213 e. The highest BCUT2D eigenvalue weighted by Crippen LogP contribution is 2.08. The van der Waals surface area contributed by atoms with Gasteiger partial charge in [0.25, 0.3) is 0 Å². The van der Waals surface area contributed by atoms with Gasteiger partial charge in [0.1, 0.15) is 16.6 Å². The van der Waals surface area contributed by atoms with Gasteiger partial charge in [-0.15, -0.1) is 0 Å². The molecule has 0 aromatic carbocycles. The summed E-state index contributed by atoms with van der Waals surface area (Å²) in [6.45, 7) is 2.32. The Morgan fingerprint density at radius 3 is 3.00 bits per heavy atom. The van der Waals surface area contributed by atoms with Crippen LogP contribution in [0.3, 0.4) is 0 Å². The quantitative estimate of drug-likeness (QED) is 0.801. The lowest BCUT2D eigenvalue weighted by atomic mass is 10.3. The lowest BCUT2D eigenvalue weighted by Gasteiger charge is -2.04. The number of hydrogen-bond donors (Lipinski definition) is 2. The molecule has 0 radical (unpaired) electrons. The number of pyridine rings is 1. The molecule has 0 spiro atoms. The number of nitrogens with one attached hydrogen (secondary N) is 1. The van der Waals surface area contributed by atoms with E-state index in [9.17, 15) is 0 Å². The molecule has 3 N–H and O–H groups in total. The Kier molecular flexibility index (Phi) is 3.34. The fraction of sp³-hybridized carbons (Fsp3) is 0.182. The van der Waals surface area contributed by atoms with Crippen LogP contribution in [0.15, 0.2) is 28.8 Å². The van der Waals surface area contributed by atoms with Gasteiger partial charge in [0.15, 0.2) is 0 Å². The summed E-state index contributed by atoms with van der Waals surface area (Å²) >= 11 is 4.86. The van der Waals surface area contributed by atoms with Crippen molar-refractivity contribution in [2.45, 2.75) is 13.5 Å². The molecule has 0 fully saturated rings. The molecule has 0 bridgehead atoms. The third kappa shape index (κ3) is 3.01. The lowest BCUT2D eigenvalue weighted by Crippen LogP contribution is -2.12.